The molecular formula is C20H25N3O2. The standard InChI is InChI=1S/C20H25N3O2/c24-18(17-7-3-1-4-8-17)14-20(25)22-15-16-9-10-21-19(13-16)23-11-5-2-6-12-23/h1,3-4,7-10,13,18,24H,2,5-6,11-12,14-15H2,(H,22,25). The molecule has 3 rings (SSSR count). The molecule has 0 aliphatic carbocycles. The number of aliphatic hydroxyl groups excluding tert-OH is 1. The van der Waals surface area contributed by atoms with Crippen LogP contribution in [0.1, 0.15) is 42.9 Å². The molecule has 5 heteroatoms. The van der Waals surface area contributed by atoms with Gasteiger partial charge in [0, 0.05) is 25.8 Å². The number of aliphatic hydroxyl groups is 1. The molecule has 2 heterocycles. The van der Waals surface area contributed by atoms with Crippen LogP contribution in [-0.2, 0) is 11.3 Å². The molecule has 1 unspecified atom stereocenters. The Labute approximate surface area is 148 Å². The highest BCUT2D eigenvalue weighted by atomic mass is 16.3. The summed E-state index contributed by atoms with van der Waals surface area (Å²) < 4.78 is 0. The number of nitrogens with one attached hydrogen (secondary N) is 1. The van der Waals surface area contributed by atoms with Crippen LogP contribution in [0.15, 0.2) is 48.7 Å². The molecule has 132 valence electrons. The first-order valence-electron chi connectivity index (χ1n) is 8.92. The van der Waals surface area contributed by atoms with E-state index in [1.165, 1.54) is 19.3 Å². The lowest BCUT2D eigenvalue weighted by Crippen LogP contribution is -2.30. The highest BCUT2D eigenvalue weighted by molar-refractivity contribution is 5.76. The lowest BCUT2D eigenvalue weighted by atomic mass is 10.1. The van der Waals surface area contributed by atoms with Gasteiger partial charge in [0.25, 0.3) is 0 Å². The van der Waals surface area contributed by atoms with Crippen LogP contribution in [0, 0.1) is 0 Å². The Bertz CT molecular complexity index is 684. The lowest BCUT2D eigenvalue weighted by molar-refractivity contribution is -0.123. The minimum atomic E-state index is -0.775. The highest BCUT2D eigenvalue weighted by Gasteiger charge is 2.14. The number of nitrogens with zero attached hydrogens (tertiary/aromatic N) is 2. The second kappa shape index (κ2) is 8.62. The second-order valence-electron chi connectivity index (χ2n) is 6.48. The van der Waals surface area contributed by atoms with Crippen LogP contribution in [-0.4, -0.2) is 29.1 Å². The zero-order valence-electron chi connectivity index (χ0n) is 14.4. The van der Waals surface area contributed by atoms with E-state index in [2.05, 4.69) is 15.2 Å². The van der Waals surface area contributed by atoms with E-state index in [-0.39, 0.29) is 12.3 Å². The average molecular weight is 339 g/mol. The Balaban J connectivity index is 1.52. The van der Waals surface area contributed by atoms with Crippen LogP contribution >= 0.6 is 0 Å². The first-order chi connectivity index (χ1) is 12.2. The van der Waals surface area contributed by atoms with E-state index in [9.17, 15) is 9.90 Å². The van der Waals surface area contributed by atoms with E-state index < -0.39 is 6.10 Å². The van der Waals surface area contributed by atoms with E-state index >= 15 is 0 Å². The Kier molecular flexibility index (Phi) is 6.01. The maximum absolute atomic E-state index is 12.1. The Hall–Kier alpha value is -2.40. The van der Waals surface area contributed by atoms with Crippen molar-refractivity contribution in [2.45, 2.75) is 38.3 Å². The molecule has 0 radical (unpaired) electrons. The van der Waals surface area contributed by atoms with Gasteiger partial charge in [-0.1, -0.05) is 30.3 Å². The maximum atomic E-state index is 12.1. The van der Waals surface area contributed by atoms with E-state index in [1.54, 1.807) is 6.20 Å². The van der Waals surface area contributed by atoms with Gasteiger partial charge in [-0.2, -0.15) is 0 Å². The van der Waals surface area contributed by atoms with Crippen LogP contribution in [0.5, 0.6) is 0 Å². The first-order valence-corrected chi connectivity index (χ1v) is 8.92. The van der Waals surface area contributed by atoms with Crippen molar-refractivity contribution in [2.75, 3.05) is 18.0 Å². The monoisotopic (exact) mass is 339 g/mol. The zero-order chi connectivity index (χ0) is 17.5. The molecule has 1 aromatic heterocycles. The van der Waals surface area contributed by atoms with Gasteiger partial charge < -0.3 is 15.3 Å². The van der Waals surface area contributed by atoms with Crippen LogP contribution in [0.2, 0.25) is 0 Å². The number of hydrogen-bond donors (Lipinski definition) is 2. The molecule has 25 heavy (non-hydrogen) atoms. The van der Waals surface area contributed by atoms with E-state index in [4.69, 9.17) is 0 Å². The molecule has 1 saturated heterocycles. The molecule has 0 spiro atoms. The fraction of sp³-hybridized carbons (Fsp3) is 0.400. The molecule has 1 atom stereocenters. The molecular weight excluding hydrogens is 314 g/mol. The molecule has 5 nitrogen and oxygen atoms in total. The third-order valence-corrected chi connectivity index (χ3v) is 4.54. The Morgan fingerprint density at radius 3 is 2.68 bits per heavy atom. The van der Waals surface area contributed by atoms with Crippen molar-refractivity contribution in [2.24, 2.45) is 0 Å². The van der Waals surface area contributed by atoms with Crippen molar-refractivity contribution in [3.05, 3.63) is 59.8 Å². The first kappa shape index (κ1) is 17.4. The highest BCUT2D eigenvalue weighted by Crippen LogP contribution is 2.19. The molecule has 1 aliphatic rings. The van der Waals surface area contributed by atoms with Crippen molar-refractivity contribution >= 4 is 11.7 Å². The predicted molar refractivity (Wildman–Crippen MR) is 98.2 cm³/mol. The van der Waals surface area contributed by atoms with Gasteiger partial charge in [0.05, 0.1) is 12.5 Å². The fourth-order valence-electron chi connectivity index (χ4n) is 3.11. The van der Waals surface area contributed by atoms with Crippen molar-refractivity contribution in [1.82, 2.24) is 10.3 Å². The topological polar surface area (TPSA) is 65.5 Å². The van der Waals surface area contributed by atoms with Crippen molar-refractivity contribution in [1.29, 1.82) is 0 Å². The van der Waals surface area contributed by atoms with Crippen LogP contribution in [0.3, 0.4) is 0 Å². The van der Waals surface area contributed by atoms with Crippen LogP contribution in [0.25, 0.3) is 0 Å². The third-order valence-electron chi connectivity index (χ3n) is 4.54. The summed E-state index contributed by atoms with van der Waals surface area (Å²) in [5.41, 5.74) is 1.78. The summed E-state index contributed by atoms with van der Waals surface area (Å²) in [6.07, 6.45) is 4.79. The maximum Gasteiger partial charge on any atom is 0.223 e. The Morgan fingerprint density at radius 2 is 1.92 bits per heavy atom. The van der Waals surface area contributed by atoms with E-state index in [0.717, 1.165) is 30.0 Å². The zero-order valence-corrected chi connectivity index (χ0v) is 14.4. The number of amides is 1. The fourth-order valence-corrected chi connectivity index (χ4v) is 3.11. The SMILES string of the molecule is O=C(CC(O)c1ccccc1)NCc1ccnc(N2CCCCC2)c1. The van der Waals surface area contributed by atoms with E-state index in [1.807, 2.05) is 42.5 Å². The number of pyridine rings is 1. The summed E-state index contributed by atoms with van der Waals surface area (Å²) in [5.74, 6) is 0.823. The number of benzene rings is 1. The predicted octanol–water partition coefficient (Wildman–Crippen LogP) is 2.81. The number of carbonyl (C=O) groups excluding carboxylic acids is 1. The van der Waals surface area contributed by atoms with Crippen LogP contribution < -0.4 is 10.2 Å². The summed E-state index contributed by atoms with van der Waals surface area (Å²) >= 11 is 0. The van der Waals surface area contributed by atoms with Gasteiger partial charge in [0.15, 0.2) is 0 Å². The number of rotatable bonds is 6. The van der Waals surface area contributed by atoms with Gasteiger partial charge in [-0.05, 0) is 42.5 Å². The average Bonchev–Trinajstić information content (AvgIpc) is 2.68. The van der Waals surface area contributed by atoms with Gasteiger partial charge in [0.1, 0.15) is 5.82 Å². The summed E-state index contributed by atoms with van der Waals surface area (Å²) in [4.78, 5) is 18.8. The summed E-state index contributed by atoms with van der Waals surface area (Å²) in [5, 5.41) is 13.0. The molecule has 1 amide bonds. The van der Waals surface area contributed by atoms with Gasteiger partial charge in [0.2, 0.25) is 5.91 Å². The third kappa shape index (κ3) is 5.03. The number of hydrogen-bond acceptors (Lipinski definition) is 4. The van der Waals surface area contributed by atoms with Crippen LogP contribution in [0.4, 0.5) is 5.82 Å². The minimum Gasteiger partial charge on any atom is -0.388 e. The van der Waals surface area contributed by atoms with E-state index in [0.29, 0.717) is 6.54 Å². The molecule has 0 bridgehead atoms. The van der Waals surface area contributed by atoms with Gasteiger partial charge >= 0.3 is 0 Å². The molecule has 2 N–H and O–H groups in total. The van der Waals surface area contributed by atoms with Gasteiger partial charge in [-0.25, -0.2) is 4.98 Å². The van der Waals surface area contributed by atoms with Gasteiger partial charge in [-0.3, -0.25) is 4.79 Å². The van der Waals surface area contributed by atoms with Crippen molar-refractivity contribution in [3.8, 4) is 0 Å². The summed E-state index contributed by atoms with van der Waals surface area (Å²) in [6.45, 7) is 2.54. The molecule has 1 aliphatic heterocycles. The van der Waals surface area contributed by atoms with Crippen molar-refractivity contribution < 1.29 is 9.90 Å². The normalized spacial score (nSPS) is 15.6. The second-order valence-corrected chi connectivity index (χ2v) is 6.48. The quantitative estimate of drug-likeness (QED) is 0.849. The van der Waals surface area contributed by atoms with Gasteiger partial charge in [-0.15, -0.1) is 0 Å². The number of anilines is 1. The molecule has 1 aromatic carbocycles. The summed E-state index contributed by atoms with van der Waals surface area (Å²) in [7, 11) is 0. The molecule has 1 fully saturated rings. The minimum absolute atomic E-state index is 0.0636. The lowest BCUT2D eigenvalue weighted by Gasteiger charge is -2.27. The number of aromatic nitrogens is 1. The Morgan fingerprint density at radius 1 is 1.16 bits per heavy atom. The molecule has 2 aromatic rings. The largest absolute Gasteiger partial charge is 0.388 e. The number of carbonyl (C=O) groups is 1. The summed E-state index contributed by atoms with van der Waals surface area (Å²) in [6, 6.07) is 13.2. The smallest absolute Gasteiger partial charge is 0.223 e. The number of piperidine rings is 1. The van der Waals surface area contributed by atoms with Crippen molar-refractivity contribution in [3.63, 3.8) is 0 Å². The molecule has 0 saturated carbocycles.